The van der Waals surface area contributed by atoms with Crippen molar-refractivity contribution in [3.63, 3.8) is 0 Å². The Kier molecular flexibility index (Phi) is 4.05. The predicted molar refractivity (Wildman–Crippen MR) is 95.0 cm³/mol. The second-order valence-corrected chi connectivity index (χ2v) is 7.43. The molecular weight excluding hydrogens is 332 g/mol. The molecule has 2 fully saturated rings. The zero-order valence-corrected chi connectivity index (χ0v) is 14.8. The highest BCUT2D eigenvalue weighted by atomic mass is 16.3. The van der Waals surface area contributed by atoms with Crippen molar-refractivity contribution in [1.29, 1.82) is 0 Å². The lowest BCUT2D eigenvalue weighted by atomic mass is 9.84. The van der Waals surface area contributed by atoms with Crippen molar-refractivity contribution in [1.82, 2.24) is 10.2 Å². The smallest absolute Gasteiger partial charge is 0.240 e. The molecule has 26 heavy (non-hydrogen) atoms. The molecule has 1 unspecified atom stereocenters. The number of nitrogens with zero attached hydrogens (tertiary/aromatic N) is 1. The number of benzene rings is 1. The fourth-order valence-electron chi connectivity index (χ4n) is 4.18. The topological polar surface area (TPSA) is 79.6 Å². The van der Waals surface area contributed by atoms with E-state index in [-0.39, 0.29) is 36.7 Å². The van der Waals surface area contributed by atoms with Crippen LogP contribution < -0.4 is 5.32 Å². The molecule has 6 nitrogen and oxygen atoms in total. The third-order valence-corrected chi connectivity index (χ3v) is 5.60. The molecule has 0 bridgehead atoms. The average Bonchev–Trinajstić information content (AvgIpc) is 3.30. The molecule has 1 spiro atoms. The van der Waals surface area contributed by atoms with Gasteiger partial charge >= 0.3 is 0 Å². The maximum absolute atomic E-state index is 12.7. The lowest BCUT2D eigenvalue weighted by Gasteiger charge is -2.21. The quantitative estimate of drug-likeness (QED) is 0.856. The SMILES string of the molecule is CC(NC(=O)CN1C(=O)CC2(CCCC2)C1=O)c1cc2ccccc2o1. The number of carbonyl (C=O) groups is 3. The number of likely N-dealkylation sites (tertiary alicyclic amines) is 1. The molecule has 0 radical (unpaired) electrons. The minimum Gasteiger partial charge on any atom is -0.459 e. The van der Waals surface area contributed by atoms with Crippen LogP contribution in [0.2, 0.25) is 0 Å². The summed E-state index contributed by atoms with van der Waals surface area (Å²) in [5.74, 6) is -0.115. The summed E-state index contributed by atoms with van der Waals surface area (Å²) in [4.78, 5) is 38.4. The van der Waals surface area contributed by atoms with E-state index < -0.39 is 5.41 Å². The molecular formula is C20H22N2O4. The number of furan rings is 1. The van der Waals surface area contributed by atoms with Gasteiger partial charge in [-0.25, -0.2) is 0 Å². The number of hydrogen-bond acceptors (Lipinski definition) is 4. The summed E-state index contributed by atoms with van der Waals surface area (Å²) in [6, 6.07) is 9.18. The molecule has 136 valence electrons. The van der Waals surface area contributed by atoms with Crippen molar-refractivity contribution in [2.24, 2.45) is 5.41 Å². The van der Waals surface area contributed by atoms with E-state index in [1.807, 2.05) is 37.3 Å². The van der Waals surface area contributed by atoms with Crippen molar-refractivity contribution in [3.8, 4) is 0 Å². The molecule has 1 aliphatic heterocycles. The molecule has 1 N–H and O–H groups in total. The second kappa shape index (κ2) is 6.27. The highest BCUT2D eigenvalue weighted by Crippen LogP contribution is 2.46. The molecule has 1 saturated carbocycles. The summed E-state index contributed by atoms with van der Waals surface area (Å²) in [6.45, 7) is 1.60. The van der Waals surface area contributed by atoms with Crippen molar-refractivity contribution < 1.29 is 18.8 Å². The summed E-state index contributed by atoms with van der Waals surface area (Å²) in [7, 11) is 0. The Bertz CT molecular complexity index is 846. The van der Waals surface area contributed by atoms with E-state index in [1.54, 1.807) is 0 Å². The highest BCUT2D eigenvalue weighted by Gasteiger charge is 2.52. The molecule has 2 aliphatic rings. The first-order chi connectivity index (χ1) is 12.5. The molecule has 2 aromatic rings. The Morgan fingerprint density at radius 3 is 2.73 bits per heavy atom. The van der Waals surface area contributed by atoms with Crippen LogP contribution in [-0.4, -0.2) is 29.2 Å². The molecule has 6 heteroatoms. The summed E-state index contributed by atoms with van der Waals surface area (Å²) in [6.07, 6.45) is 3.71. The van der Waals surface area contributed by atoms with Crippen LogP contribution in [0.25, 0.3) is 11.0 Å². The molecule has 2 heterocycles. The van der Waals surface area contributed by atoms with Crippen molar-refractivity contribution in [3.05, 3.63) is 36.1 Å². The zero-order chi connectivity index (χ0) is 18.3. The maximum Gasteiger partial charge on any atom is 0.240 e. The minimum absolute atomic E-state index is 0.174. The molecule has 1 saturated heterocycles. The molecule has 1 aliphatic carbocycles. The Labute approximate surface area is 151 Å². The third kappa shape index (κ3) is 2.79. The van der Waals surface area contributed by atoms with Gasteiger partial charge in [-0.2, -0.15) is 0 Å². The maximum atomic E-state index is 12.7. The lowest BCUT2D eigenvalue weighted by molar-refractivity contribution is -0.144. The zero-order valence-electron chi connectivity index (χ0n) is 14.8. The molecule has 4 rings (SSSR count). The van der Waals surface area contributed by atoms with Crippen molar-refractivity contribution in [2.75, 3.05) is 6.54 Å². The fourth-order valence-corrected chi connectivity index (χ4v) is 4.18. The first-order valence-electron chi connectivity index (χ1n) is 9.11. The summed E-state index contributed by atoms with van der Waals surface area (Å²) in [5, 5.41) is 3.79. The van der Waals surface area contributed by atoms with Crippen LogP contribution in [0.1, 0.15) is 50.8 Å². The van der Waals surface area contributed by atoms with Crippen LogP contribution in [0, 0.1) is 5.41 Å². The van der Waals surface area contributed by atoms with Gasteiger partial charge in [-0.3, -0.25) is 19.3 Å². The van der Waals surface area contributed by atoms with Gasteiger partial charge in [0.2, 0.25) is 17.7 Å². The average molecular weight is 354 g/mol. The van der Waals surface area contributed by atoms with Gasteiger partial charge in [0.05, 0.1) is 11.5 Å². The fraction of sp³-hybridized carbons (Fsp3) is 0.450. The van der Waals surface area contributed by atoms with E-state index >= 15 is 0 Å². The first-order valence-corrected chi connectivity index (χ1v) is 9.11. The van der Waals surface area contributed by atoms with Gasteiger partial charge in [0.1, 0.15) is 17.9 Å². The summed E-state index contributed by atoms with van der Waals surface area (Å²) < 4.78 is 5.76. The van der Waals surface area contributed by atoms with Gasteiger partial charge in [-0.15, -0.1) is 0 Å². The Morgan fingerprint density at radius 1 is 1.27 bits per heavy atom. The number of imide groups is 1. The van der Waals surface area contributed by atoms with Crippen LogP contribution >= 0.6 is 0 Å². The normalized spacial score (nSPS) is 20.3. The number of rotatable bonds is 4. The Hall–Kier alpha value is -2.63. The lowest BCUT2D eigenvalue weighted by Crippen LogP contribution is -2.42. The number of hydrogen-bond donors (Lipinski definition) is 1. The van der Waals surface area contributed by atoms with Crippen molar-refractivity contribution >= 4 is 28.7 Å². The van der Waals surface area contributed by atoms with Crippen LogP contribution in [0.15, 0.2) is 34.7 Å². The number of para-hydroxylation sites is 1. The van der Waals surface area contributed by atoms with Crippen LogP contribution in [0.4, 0.5) is 0 Å². The predicted octanol–water partition coefficient (Wildman–Crippen LogP) is 2.93. The van der Waals surface area contributed by atoms with E-state index in [9.17, 15) is 14.4 Å². The van der Waals surface area contributed by atoms with Gasteiger partial charge in [0, 0.05) is 11.8 Å². The summed E-state index contributed by atoms with van der Waals surface area (Å²) in [5.41, 5.74) is 0.221. The van der Waals surface area contributed by atoms with Gasteiger partial charge in [-0.1, -0.05) is 31.0 Å². The van der Waals surface area contributed by atoms with E-state index in [4.69, 9.17) is 4.42 Å². The van der Waals surface area contributed by atoms with E-state index in [2.05, 4.69) is 5.32 Å². The van der Waals surface area contributed by atoms with Gasteiger partial charge < -0.3 is 9.73 Å². The molecule has 1 atom stereocenters. The molecule has 3 amide bonds. The largest absolute Gasteiger partial charge is 0.459 e. The Morgan fingerprint density at radius 2 is 2.00 bits per heavy atom. The van der Waals surface area contributed by atoms with E-state index in [1.165, 1.54) is 0 Å². The number of nitrogens with one attached hydrogen (secondary N) is 1. The first kappa shape index (κ1) is 16.8. The number of carbonyl (C=O) groups excluding carboxylic acids is 3. The second-order valence-electron chi connectivity index (χ2n) is 7.43. The van der Waals surface area contributed by atoms with Crippen LogP contribution in [0.5, 0.6) is 0 Å². The third-order valence-electron chi connectivity index (χ3n) is 5.60. The van der Waals surface area contributed by atoms with E-state index in [0.29, 0.717) is 5.76 Å². The standard InChI is InChI=1S/C20H22N2O4/c1-13(16-10-14-6-2-3-7-15(14)26-16)21-17(23)12-22-18(24)11-20(19(22)25)8-4-5-9-20/h2-3,6-7,10,13H,4-5,8-9,11-12H2,1H3,(H,21,23). The number of amides is 3. The van der Waals surface area contributed by atoms with Crippen LogP contribution in [0.3, 0.4) is 0 Å². The summed E-state index contributed by atoms with van der Waals surface area (Å²) >= 11 is 0. The van der Waals surface area contributed by atoms with Gasteiger partial charge in [-0.05, 0) is 31.9 Å². The van der Waals surface area contributed by atoms with Crippen LogP contribution in [-0.2, 0) is 14.4 Å². The minimum atomic E-state index is -0.540. The van der Waals surface area contributed by atoms with Gasteiger partial charge in [0.15, 0.2) is 0 Å². The molecule has 1 aromatic carbocycles. The monoisotopic (exact) mass is 354 g/mol. The highest BCUT2D eigenvalue weighted by molar-refractivity contribution is 6.08. The Balaban J connectivity index is 1.42. The van der Waals surface area contributed by atoms with E-state index in [0.717, 1.165) is 41.6 Å². The van der Waals surface area contributed by atoms with Crippen molar-refractivity contribution in [2.45, 2.75) is 45.1 Å². The van der Waals surface area contributed by atoms with Gasteiger partial charge in [0.25, 0.3) is 0 Å². The molecule has 1 aromatic heterocycles. The number of fused-ring (bicyclic) bond motifs is 1.